The highest BCUT2D eigenvalue weighted by Crippen LogP contribution is 2.35. The molecule has 0 amide bonds. The van der Waals surface area contributed by atoms with E-state index in [1.807, 2.05) is 0 Å². The summed E-state index contributed by atoms with van der Waals surface area (Å²) in [6.07, 6.45) is 5.20. The number of likely N-dealkylation sites (tertiary alicyclic amines) is 2. The maximum atomic E-state index is 5.91. The van der Waals surface area contributed by atoms with Crippen molar-refractivity contribution in [1.29, 1.82) is 0 Å². The van der Waals surface area contributed by atoms with Crippen LogP contribution in [0.4, 0.5) is 0 Å². The van der Waals surface area contributed by atoms with Crippen LogP contribution >= 0.6 is 22.9 Å². The van der Waals surface area contributed by atoms with E-state index < -0.39 is 0 Å². The van der Waals surface area contributed by atoms with Gasteiger partial charge in [0.25, 0.3) is 0 Å². The standard InChI is InChI=1S/C16H26ClN3S/c1-3-14(16-18-13(9-17)11-21-16)20-8-6-15-12(10-20)5-4-7-19(15)2/h11-12,14-15H,3-10H2,1-2H3. The molecule has 0 radical (unpaired) electrons. The molecule has 3 unspecified atom stereocenters. The van der Waals surface area contributed by atoms with E-state index >= 15 is 0 Å². The van der Waals surface area contributed by atoms with Gasteiger partial charge in [0.15, 0.2) is 0 Å². The van der Waals surface area contributed by atoms with E-state index in [0.29, 0.717) is 11.9 Å². The zero-order valence-corrected chi connectivity index (χ0v) is 14.7. The lowest BCUT2D eigenvalue weighted by atomic mass is 9.83. The fourth-order valence-corrected chi connectivity index (χ4v) is 5.35. The highest BCUT2D eigenvalue weighted by atomic mass is 35.5. The molecule has 3 heterocycles. The van der Waals surface area contributed by atoms with Gasteiger partial charge in [0.05, 0.1) is 17.6 Å². The van der Waals surface area contributed by atoms with Crippen molar-refractivity contribution in [2.75, 3.05) is 26.7 Å². The molecule has 21 heavy (non-hydrogen) atoms. The third kappa shape index (κ3) is 3.29. The molecule has 0 bridgehead atoms. The zero-order chi connectivity index (χ0) is 14.8. The van der Waals surface area contributed by atoms with Crippen molar-refractivity contribution in [3.05, 3.63) is 16.1 Å². The second-order valence-electron chi connectivity index (χ2n) is 6.47. The van der Waals surface area contributed by atoms with Gasteiger partial charge in [-0.15, -0.1) is 22.9 Å². The topological polar surface area (TPSA) is 19.4 Å². The Morgan fingerprint density at radius 1 is 1.43 bits per heavy atom. The number of fused-ring (bicyclic) bond motifs is 1. The predicted octanol–water partition coefficient (Wildman–Crippen LogP) is 3.75. The van der Waals surface area contributed by atoms with E-state index in [-0.39, 0.29) is 0 Å². The SMILES string of the molecule is CCC(c1nc(CCl)cs1)N1CCC2C(CCCN2C)C1. The second kappa shape index (κ2) is 6.95. The monoisotopic (exact) mass is 327 g/mol. The van der Waals surface area contributed by atoms with E-state index in [1.54, 1.807) is 11.3 Å². The summed E-state index contributed by atoms with van der Waals surface area (Å²) in [4.78, 5) is 9.99. The Morgan fingerprint density at radius 2 is 2.29 bits per heavy atom. The fourth-order valence-electron chi connectivity index (χ4n) is 4.09. The van der Waals surface area contributed by atoms with Crippen LogP contribution in [-0.2, 0) is 5.88 Å². The summed E-state index contributed by atoms with van der Waals surface area (Å²) in [5.41, 5.74) is 1.03. The van der Waals surface area contributed by atoms with Gasteiger partial charge in [-0.2, -0.15) is 0 Å². The number of nitrogens with zero attached hydrogens (tertiary/aromatic N) is 3. The van der Waals surface area contributed by atoms with Crippen LogP contribution in [0.1, 0.15) is 49.4 Å². The van der Waals surface area contributed by atoms with Crippen LogP contribution in [0, 0.1) is 5.92 Å². The van der Waals surface area contributed by atoms with Crippen molar-refractivity contribution in [2.45, 2.75) is 50.6 Å². The largest absolute Gasteiger partial charge is 0.303 e. The lowest BCUT2D eigenvalue weighted by Gasteiger charge is -2.47. The number of alkyl halides is 1. The zero-order valence-electron chi connectivity index (χ0n) is 13.1. The fraction of sp³-hybridized carbons (Fsp3) is 0.812. The van der Waals surface area contributed by atoms with Crippen molar-refractivity contribution in [3.8, 4) is 0 Å². The van der Waals surface area contributed by atoms with Crippen LogP contribution in [0.25, 0.3) is 0 Å². The van der Waals surface area contributed by atoms with Crippen LogP contribution in [-0.4, -0.2) is 47.5 Å². The minimum atomic E-state index is 0.486. The lowest BCUT2D eigenvalue weighted by Crippen LogP contribution is -2.53. The molecule has 2 aliphatic heterocycles. The van der Waals surface area contributed by atoms with Crippen LogP contribution < -0.4 is 0 Å². The van der Waals surface area contributed by atoms with Gasteiger partial charge in [0.1, 0.15) is 5.01 Å². The number of hydrogen-bond donors (Lipinski definition) is 0. The van der Waals surface area contributed by atoms with Gasteiger partial charge in [-0.25, -0.2) is 4.98 Å². The maximum absolute atomic E-state index is 5.91. The summed E-state index contributed by atoms with van der Waals surface area (Å²) in [6, 6.07) is 1.29. The molecule has 118 valence electrons. The van der Waals surface area contributed by atoms with Gasteiger partial charge in [0, 0.05) is 24.5 Å². The van der Waals surface area contributed by atoms with Gasteiger partial charge in [-0.3, -0.25) is 4.90 Å². The first-order valence-electron chi connectivity index (χ1n) is 8.17. The molecule has 3 rings (SSSR count). The average Bonchev–Trinajstić information content (AvgIpc) is 2.97. The smallest absolute Gasteiger partial charge is 0.110 e. The molecule has 2 fully saturated rings. The van der Waals surface area contributed by atoms with E-state index in [1.165, 1.54) is 43.9 Å². The van der Waals surface area contributed by atoms with Gasteiger partial charge >= 0.3 is 0 Å². The molecule has 3 nitrogen and oxygen atoms in total. The molecular formula is C16H26ClN3S. The lowest BCUT2D eigenvalue weighted by molar-refractivity contribution is 0.0187. The Balaban J connectivity index is 1.70. The van der Waals surface area contributed by atoms with Crippen molar-refractivity contribution >= 4 is 22.9 Å². The molecule has 2 aliphatic rings. The van der Waals surface area contributed by atoms with Gasteiger partial charge in [0.2, 0.25) is 0 Å². The number of rotatable bonds is 4. The molecule has 0 aromatic carbocycles. The summed E-state index contributed by atoms with van der Waals surface area (Å²) in [6.45, 7) is 6.01. The molecule has 1 aromatic heterocycles. The molecule has 3 atom stereocenters. The first-order valence-corrected chi connectivity index (χ1v) is 9.59. The Kier molecular flexibility index (Phi) is 5.20. The van der Waals surface area contributed by atoms with Gasteiger partial charge < -0.3 is 4.90 Å². The molecule has 5 heteroatoms. The Labute approximate surface area is 137 Å². The van der Waals surface area contributed by atoms with Crippen molar-refractivity contribution in [1.82, 2.24) is 14.8 Å². The Bertz CT molecular complexity index is 464. The molecule has 0 aliphatic carbocycles. The Morgan fingerprint density at radius 3 is 3.00 bits per heavy atom. The first-order chi connectivity index (χ1) is 10.2. The summed E-state index contributed by atoms with van der Waals surface area (Å²) in [7, 11) is 2.30. The summed E-state index contributed by atoms with van der Waals surface area (Å²) >= 11 is 7.69. The molecule has 2 saturated heterocycles. The summed E-state index contributed by atoms with van der Waals surface area (Å²) in [5.74, 6) is 1.38. The van der Waals surface area contributed by atoms with Crippen LogP contribution in [0.2, 0.25) is 0 Å². The second-order valence-corrected chi connectivity index (χ2v) is 7.63. The first kappa shape index (κ1) is 15.7. The number of thiazole rings is 1. The van der Waals surface area contributed by atoms with Crippen molar-refractivity contribution in [2.24, 2.45) is 5.92 Å². The van der Waals surface area contributed by atoms with Gasteiger partial charge in [-0.1, -0.05) is 6.92 Å². The average molecular weight is 328 g/mol. The number of hydrogen-bond acceptors (Lipinski definition) is 4. The van der Waals surface area contributed by atoms with E-state index in [9.17, 15) is 0 Å². The van der Waals surface area contributed by atoms with E-state index in [2.05, 4.69) is 29.2 Å². The quantitative estimate of drug-likeness (QED) is 0.785. The van der Waals surface area contributed by atoms with E-state index in [4.69, 9.17) is 16.6 Å². The van der Waals surface area contributed by atoms with Crippen LogP contribution in [0.3, 0.4) is 0 Å². The molecular weight excluding hydrogens is 302 g/mol. The number of piperidine rings is 2. The molecule has 0 N–H and O–H groups in total. The number of halogens is 1. The minimum Gasteiger partial charge on any atom is -0.303 e. The summed E-state index contributed by atoms with van der Waals surface area (Å²) < 4.78 is 0. The van der Waals surface area contributed by atoms with Crippen LogP contribution in [0.15, 0.2) is 5.38 Å². The summed E-state index contributed by atoms with van der Waals surface area (Å²) in [5, 5.41) is 3.38. The Hall–Kier alpha value is -0.160. The highest BCUT2D eigenvalue weighted by molar-refractivity contribution is 7.09. The third-order valence-electron chi connectivity index (χ3n) is 5.20. The van der Waals surface area contributed by atoms with Gasteiger partial charge in [-0.05, 0) is 45.2 Å². The minimum absolute atomic E-state index is 0.486. The maximum Gasteiger partial charge on any atom is 0.110 e. The number of aromatic nitrogens is 1. The normalized spacial score (nSPS) is 29.3. The van der Waals surface area contributed by atoms with Crippen molar-refractivity contribution < 1.29 is 0 Å². The third-order valence-corrected chi connectivity index (χ3v) is 6.46. The van der Waals surface area contributed by atoms with Crippen LogP contribution in [0.5, 0.6) is 0 Å². The molecule has 1 aromatic rings. The van der Waals surface area contributed by atoms with Crippen molar-refractivity contribution in [3.63, 3.8) is 0 Å². The molecule has 0 saturated carbocycles. The van der Waals surface area contributed by atoms with E-state index in [0.717, 1.165) is 24.1 Å². The highest BCUT2D eigenvalue weighted by Gasteiger charge is 2.36. The predicted molar refractivity (Wildman–Crippen MR) is 90.0 cm³/mol. The molecule has 0 spiro atoms.